The summed E-state index contributed by atoms with van der Waals surface area (Å²) in [6.07, 6.45) is 0. The highest BCUT2D eigenvalue weighted by Gasteiger charge is 2.42. The van der Waals surface area contributed by atoms with Crippen molar-refractivity contribution in [2.45, 2.75) is 6.04 Å². The minimum atomic E-state index is -3.36. The fourth-order valence-corrected chi connectivity index (χ4v) is 2.93. The van der Waals surface area contributed by atoms with Crippen LogP contribution >= 0.6 is 0 Å². The van der Waals surface area contributed by atoms with Gasteiger partial charge in [-0.25, -0.2) is 8.42 Å². The monoisotopic (exact) mass is 241 g/mol. The molecule has 1 aliphatic rings. The van der Waals surface area contributed by atoms with Crippen molar-refractivity contribution in [2.24, 2.45) is 0 Å². The van der Waals surface area contributed by atoms with E-state index in [9.17, 15) is 13.2 Å². The average Bonchev–Trinajstić information content (AvgIpc) is 2.25. The number of sulfonamides is 1. The van der Waals surface area contributed by atoms with Crippen molar-refractivity contribution in [1.29, 1.82) is 0 Å². The quantitative estimate of drug-likeness (QED) is 0.834. The fraction of sp³-hybridized carbons (Fsp3) is 0.300. The maximum atomic E-state index is 11.4. The van der Waals surface area contributed by atoms with Crippen LogP contribution in [0, 0.1) is 0 Å². The van der Waals surface area contributed by atoms with Gasteiger partial charge in [0.15, 0.2) is 0 Å². The highest BCUT2D eigenvalue weighted by molar-refractivity contribution is 7.90. The van der Waals surface area contributed by atoms with Crippen LogP contribution in [0.25, 0.3) is 0 Å². The van der Waals surface area contributed by atoms with Gasteiger partial charge in [-0.1, -0.05) is 30.3 Å². The van der Waals surface area contributed by atoms with E-state index >= 15 is 0 Å². The fourth-order valence-electron chi connectivity index (χ4n) is 1.70. The molecule has 0 radical (unpaired) electrons. The van der Waals surface area contributed by atoms with E-state index < -0.39 is 22.0 Å². The smallest absolute Gasteiger partial charge is 0.326 e. The summed E-state index contributed by atoms with van der Waals surface area (Å²) in [5.41, 5.74) is 0.485. The van der Waals surface area contributed by atoms with Gasteiger partial charge in [0.05, 0.1) is 5.75 Å². The van der Waals surface area contributed by atoms with Gasteiger partial charge >= 0.3 is 5.97 Å². The van der Waals surface area contributed by atoms with Crippen LogP contribution in [0.2, 0.25) is 0 Å². The largest absolute Gasteiger partial charge is 0.480 e. The second-order valence-electron chi connectivity index (χ2n) is 3.58. The van der Waals surface area contributed by atoms with Crippen LogP contribution in [-0.4, -0.2) is 36.1 Å². The Morgan fingerprint density at radius 1 is 1.31 bits per heavy atom. The number of nitrogens with zero attached hydrogens (tertiary/aromatic N) is 1. The molecule has 1 aromatic carbocycles. The van der Waals surface area contributed by atoms with Crippen molar-refractivity contribution in [3.8, 4) is 0 Å². The first-order valence-electron chi connectivity index (χ1n) is 4.79. The lowest BCUT2D eigenvalue weighted by atomic mass is 10.1. The van der Waals surface area contributed by atoms with Crippen molar-refractivity contribution in [3.63, 3.8) is 0 Å². The first kappa shape index (κ1) is 11.1. The van der Waals surface area contributed by atoms with Crippen LogP contribution in [0.3, 0.4) is 0 Å². The third-order valence-electron chi connectivity index (χ3n) is 2.56. The summed E-state index contributed by atoms with van der Waals surface area (Å²) in [7, 11) is -3.36. The molecule has 16 heavy (non-hydrogen) atoms. The van der Waals surface area contributed by atoms with E-state index in [0.717, 1.165) is 4.31 Å². The molecule has 6 heteroatoms. The van der Waals surface area contributed by atoms with E-state index in [1.807, 2.05) is 0 Å². The molecule has 1 atom stereocenters. The predicted molar refractivity (Wildman–Crippen MR) is 57.3 cm³/mol. The van der Waals surface area contributed by atoms with Gasteiger partial charge in [0.1, 0.15) is 6.04 Å². The van der Waals surface area contributed by atoms with Gasteiger partial charge in [0.25, 0.3) is 0 Å². The van der Waals surface area contributed by atoms with Crippen molar-refractivity contribution in [1.82, 2.24) is 4.31 Å². The van der Waals surface area contributed by atoms with Crippen LogP contribution in [0.4, 0.5) is 0 Å². The lowest BCUT2D eigenvalue weighted by Crippen LogP contribution is -2.51. The predicted octanol–water partition coefficient (Wildman–Crippen LogP) is 0.458. The molecule has 0 spiro atoms. The Hall–Kier alpha value is -1.40. The number of carboxylic acids is 1. The van der Waals surface area contributed by atoms with E-state index in [4.69, 9.17) is 5.11 Å². The molecule has 1 fully saturated rings. The molecule has 1 aliphatic heterocycles. The molecule has 86 valence electrons. The van der Waals surface area contributed by atoms with Gasteiger partial charge in [0, 0.05) is 6.54 Å². The molecule has 0 saturated carbocycles. The third kappa shape index (κ3) is 1.81. The van der Waals surface area contributed by atoms with Crippen LogP contribution in [0.15, 0.2) is 30.3 Å². The summed E-state index contributed by atoms with van der Waals surface area (Å²) in [5, 5.41) is 9.09. The summed E-state index contributed by atoms with van der Waals surface area (Å²) in [6, 6.07) is 7.28. The third-order valence-corrected chi connectivity index (χ3v) is 4.37. The molecule has 0 aliphatic carbocycles. The summed E-state index contributed by atoms with van der Waals surface area (Å²) in [4.78, 5) is 11.1. The van der Waals surface area contributed by atoms with Crippen LogP contribution in [-0.2, 0) is 14.8 Å². The van der Waals surface area contributed by atoms with Gasteiger partial charge in [0.2, 0.25) is 10.0 Å². The molecule has 0 amide bonds. The summed E-state index contributed by atoms with van der Waals surface area (Å²) >= 11 is 0. The van der Waals surface area contributed by atoms with Crippen LogP contribution in [0.1, 0.15) is 11.6 Å². The zero-order valence-corrected chi connectivity index (χ0v) is 9.22. The Labute approximate surface area is 93.4 Å². The van der Waals surface area contributed by atoms with Gasteiger partial charge in [-0.05, 0) is 5.56 Å². The molecule has 1 aromatic rings. The van der Waals surface area contributed by atoms with Gasteiger partial charge < -0.3 is 5.11 Å². The molecule has 0 bridgehead atoms. The number of hydrogen-bond acceptors (Lipinski definition) is 3. The Kier molecular flexibility index (Phi) is 2.69. The van der Waals surface area contributed by atoms with E-state index in [-0.39, 0.29) is 12.3 Å². The van der Waals surface area contributed by atoms with E-state index in [1.54, 1.807) is 30.3 Å². The maximum absolute atomic E-state index is 11.4. The molecular formula is C10H11NO4S. The average molecular weight is 241 g/mol. The van der Waals surface area contributed by atoms with Gasteiger partial charge in [-0.3, -0.25) is 4.79 Å². The highest BCUT2D eigenvalue weighted by atomic mass is 32.2. The molecular weight excluding hydrogens is 230 g/mol. The first-order chi connectivity index (χ1) is 7.52. The minimum Gasteiger partial charge on any atom is -0.480 e. The normalized spacial score (nSPS) is 21.0. The maximum Gasteiger partial charge on any atom is 0.326 e. The van der Waals surface area contributed by atoms with E-state index in [1.165, 1.54) is 0 Å². The number of hydrogen-bond donors (Lipinski definition) is 1. The topological polar surface area (TPSA) is 74.7 Å². The summed E-state index contributed by atoms with van der Waals surface area (Å²) < 4.78 is 23.8. The lowest BCUT2D eigenvalue weighted by Gasteiger charge is -2.35. The van der Waals surface area contributed by atoms with Crippen LogP contribution < -0.4 is 0 Å². The van der Waals surface area contributed by atoms with Crippen molar-refractivity contribution in [2.75, 3.05) is 12.3 Å². The Morgan fingerprint density at radius 3 is 2.31 bits per heavy atom. The Morgan fingerprint density at radius 2 is 1.94 bits per heavy atom. The molecule has 1 N–H and O–H groups in total. The van der Waals surface area contributed by atoms with E-state index in [2.05, 4.69) is 0 Å². The summed E-state index contributed by atoms with van der Waals surface area (Å²) in [6.45, 7) is 0.272. The molecule has 2 rings (SSSR count). The highest BCUT2D eigenvalue weighted by Crippen LogP contribution is 2.29. The Bertz CT molecular complexity index is 497. The standard InChI is InChI=1S/C10H11NO4S/c12-10(13)9(8-4-2-1-3-5-8)11-6-7-16(11,14)15/h1-5,9H,6-7H2,(H,12,13). The minimum absolute atomic E-state index is 0.0314. The lowest BCUT2D eigenvalue weighted by molar-refractivity contribution is -0.142. The molecule has 0 aromatic heterocycles. The van der Waals surface area contributed by atoms with E-state index in [0.29, 0.717) is 5.56 Å². The molecule has 5 nitrogen and oxygen atoms in total. The first-order valence-corrected chi connectivity index (χ1v) is 6.40. The summed E-state index contributed by atoms with van der Waals surface area (Å²) in [5.74, 6) is -1.11. The number of benzene rings is 1. The molecule has 1 unspecified atom stereocenters. The second-order valence-corrected chi connectivity index (χ2v) is 5.62. The number of aliphatic carboxylic acids is 1. The van der Waals surface area contributed by atoms with Gasteiger partial charge in [-0.15, -0.1) is 0 Å². The van der Waals surface area contributed by atoms with Crippen molar-refractivity contribution < 1.29 is 18.3 Å². The zero-order valence-electron chi connectivity index (χ0n) is 8.41. The number of carboxylic acid groups (broad SMARTS) is 1. The van der Waals surface area contributed by atoms with Crippen molar-refractivity contribution >= 4 is 16.0 Å². The second kappa shape index (κ2) is 3.88. The Balaban J connectivity index is 2.36. The molecule has 1 saturated heterocycles. The van der Waals surface area contributed by atoms with Gasteiger partial charge in [-0.2, -0.15) is 4.31 Å². The number of carbonyl (C=O) groups is 1. The molecule has 1 heterocycles. The number of rotatable bonds is 3. The zero-order chi connectivity index (χ0) is 11.8. The SMILES string of the molecule is O=C(O)C(c1ccccc1)N1CCS1(=O)=O. The van der Waals surface area contributed by atoms with Crippen LogP contribution in [0.5, 0.6) is 0 Å². The van der Waals surface area contributed by atoms with Crippen molar-refractivity contribution in [3.05, 3.63) is 35.9 Å².